The highest BCUT2D eigenvalue weighted by atomic mass is 16.5. The van der Waals surface area contributed by atoms with Crippen LogP contribution in [0.25, 0.3) is 0 Å². The molecular weight excluding hydrogens is 444 g/mol. The Kier molecular flexibility index (Phi) is 13.0. The molecular formula is C29H42O6. The van der Waals surface area contributed by atoms with Gasteiger partial charge >= 0.3 is 0 Å². The molecule has 2 aromatic carbocycles. The van der Waals surface area contributed by atoms with E-state index < -0.39 is 24.0 Å². The van der Waals surface area contributed by atoms with Crippen molar-refractivity contribution in [3.63, 3.8) is 0 Å². The van der Waals surface area contributed by atoms with Gasteiger partial charge in [0.25, 0.3) is 0 Å². The van der Waals surface area contributed by atoms with E-state index in [9.17, 15) is 15.3 Å². The monoisotopic (exact) mass is 486 g/mol. The maximum Gasteiger partial charge on any atom is 0.118 e. The van der Waals surface area contributed by atoms with Gasteiger partial charge in [0.1, 0.15) is 5.75 Å². The highest BCUT2D eigenvalue weighted by Crippen LogP contribution is 2.26. The first-order valence-electron chi connectivity index (χ1n) is 12.3. The first kappa shape index (κ1) is 29.0. The molecule has 6 nitrogen and oxygen atoms in total. The third-order valence-corrected chi connectivity index (χ3v) is 6.44. The zero-order valence-corrected chi connectivity index (χ0v) is 21.5. The summed E-state index contributed by atoms with van der Waals surface area (Å²) in [5, 5.41) is 31.5. The van der Waals surface area contributed by atoms with E-state index >= 15 is 0 Å². The number of allylic oxidation sites excluding steroid dienone is 1. The Labute approximate surface area is 210 Å². The van der Waals surface area contributed by atoms with Crippen molar-refractivity contribution in [3.05, 3.63) is 77.4 Å². The van der Waals surface area contributed by atoms with Crippen molar-refractivity contribution in [2.75, 3.05) is 26.9 Å². The Morgan fingerprint density at radius 2 is 1.51 bits per heavy atom. The van der Waals surface area contributed by atoms with Crippen LogP contribution >= 0.6 is 0 Å². The summed E-state index contributed by atoms with van der Waals surface area (Å²) in [6.45, 7) is 7.26. The minimum atomic E-state index is -0.883. The molecule has 5 atom stereocenters. The van der Waals surface area contributed by atoms with Gasteiger partial charge in [-0.3, -0.25) is 0 Å². The fourth-order valence-corrected chi connectivity index (χ4v) is 4.12. The summed E-state index contributed by atoms with van der Waals surface area (Å²) >= 11 is 0. The van der Waals surface area contributed by atoms with Crippen molar-refractivity contribution in [1.29, 1.82) is 0 Å². The molecule has 0 radical (unpaired) electrons. The maximum atomic E-state index is 10.9. The van der Waals surface area contributed by atoms with Crippen LogP contribution in [-0.2, 0) is 22.7 Å². The molecule has 2 rings (SSSR count). The summed E-state index contributed by atoms with van der Waals surface area (Å²) in [7, 11) is 1.62. The zero-order chi connectivity index (χ0) is 25.6. The molecule has 0 amide bonds. The van der Waals surface area contributed by atoms with Crippen molar-refractivity contribution in [1.82, 2.24) is 0 Å². The fourth-order valence-electron chi connectivity index (χ4n) is 4.12. The topological polar surface area (TPSA) is 88.4 Å². The molecule has 0 aliphatic carbocycles. The minimum absolute atomic E-state index is 0.0513. The molecule has 3 N–H and O–H groups in total. The van der Waals surface area contributed by atoms with E-state index in [0.29, 0.717) is 26.2 Å². The molecule has 0 spiro atoms. The van der Waals surface area contributed by atoms with Crippen LogP contribution in [0.4, 0.5) is 0 Å². The molecule has 0 unspecified atom stereocenters. The third kappa shape index (κ3) is 10.1. The number of methoxy groups -OCH3 is 1. The predicted octanol–water partition coefficient (Wildman–Crippen LogP) is 4.37. The van der Waals surface area contributed by atoms with Gasteiger partial charge in [0, 0.05) is 11.8 Å². The summed E-state index contributed by atoms with van der Waals surface area (Å²) < 4.78 is 16.6. The second-order valence-electron chi connectivity index (χ2n) is 9.38. The number of aliphatic hydroxyl groups is 3. The molecule has 0 aliphatic heterocycles. The van der Waals surface area contributed by atoms with Crippen LogP contribution in [0.1, 0.15) is 38.3 Å². The minimum Gasteiger partial charge on any atom is -0.497 e. The molecule has 6 heteroatoms. The first-order chi connectivity index (χ1) is 16.8. The number of rotatable bonds is 16. The molecule has 0 bridgehead atoms. The Bertz CT molecular complexity index is 851. The van der Waals surface area contributed by atoms with E-state index in [-0.39, 0.29) is 19.1 Å². The van der Waals surface area contributed by atoms with Gasteiger partial charge in [0.15, 0.2) is 0 Å². The van der Waals surface area contributed by atoms with Crippen molar-refractivity contribution in [3.8, 4) is 5.75 Å². The first-order valence-corrected chi connectivity index (χ1v) is 12.3. The van der Waals surface area contributed by atoms with Crippen LogP contribution in [0, 0.1) is 17.8 Å². The van der Waals surface area contributed by atoms with E-state index in [1.807, 2.05) is 81.4 Å². The molecule has 0 aliphatic rings. The maximum absolute atomic E-state index is 10.9. The van der Waals surface area contributed by atoms with Crippen molar-refractivity contribution < 1.29 is 29.5 Å². The summed E-state index contributed by atoms with van der Waals surface area (Å²) in [5.41, 5.74) is 3.25. The lowest BCUT2D eigenvalue weighted by Crippen LogP contribution is -2.41. The molecule has 0 heterocycles. The van der Waals surface area contributed by atoms with Crippen molar-refractivity contribution in [2.45, 2.75) is 52.6 Å². The molecule has 194 valence electrons. The lowest BCUT2D eigenvalue weighted by atomic mass is 9.82. The number of aliphatic hydroxyl groups excluding tert-OH is 3. The lowest BCUT2D eigenvalue weighted by Gasteiger charge is -2.32. The fraction of sp³-hybridized carbons (Fsp3) is 0.517. The van der Waals surface area contributed by atoms with Gasteiger partial charge in [0.05, 0.1) is 52.4 Å². The normalized spacial score (nSPS) is 16.4. The van der Waals surface area contributed by atoms with Crippen molar-refractivity contribution >= 4 is 0 Å². The van der Waals surface area contributed by atoms with Crippen LogP contribution in [0.2, 0.25) is 0 Å². The second-order valence-corrected chi connectivity index (χ2v) is 9.38. The Morgan fingerprint density at radius 3 is 2.14 bits per heavy atom. The molecule has 0 aromatic heterocycles. The molecule has 0 saturated heterocycles. The van der Waals surface area contributed by atoms with Crippen LogP contribution in [0.3, 0.4) is 0 Å². The number of ether oxygens (including phenoxy) is 3. The standard InChI is InChI=1S/C29H42O6/c1-21(14-15-34-18-24-8-6-5-7-9-24)16-22(2)28(31)23(3)29(32)26(17-30)20-35-19-25-10-12-27(33-4)13-11-25/h5-14,22-23,26,28-32H,15-20H2,1-4H3/b21-14+/t22-,23-,26+,28+,29-/m0/s1. The molecule has 0 fully saturated rings. The van der Waals surface area contributed by atoms with E-state index in [2.05, 4.69) is 0 Å². The SMILES string of the molecule is COc1ccc(COC[C@@H](CO)[C@@H](O)[C@@H](C)[C@H](O)[C@@H](C)C/C(C)=C/COCc2ccccc2)cc1. The van der Waals surface area contributed by atoms with Crippen molar-refractivity contribution in [2.24, 2.45) is 17.8 Å². The van der Waals surface area contributed by atoms with Crippen LogP contribution in [-0.4, -0.2) is 54.5 Å². The quantitative estimate of drug-likeness (QED) is 0.241. The molecule has 0 saturated carbocycles. The van der Waals surface area contributed by atoms with Crippen LogP contribution in [0.5, 0.6) is 5.75 Å². The third-order valence-electron chi connectivity index (χ3n) is 6.44. The predicted molar refractivity (Wildman–Crippen MR) is 138 cm³/mol. The Morgan fingerprint density at radius 1 is 0.886 bits per heavy atom. The lowest BCUT2D eigenvalue weighted by molar-refractivity contribution is -0.0666. The largest absolute Gasteiger partial charge is 0.497 e. The highest BCUT2D eigenvalue weighted by molar-refractivity contribution is 5.26. The second kappa shape index (κ2) is 15.7. The van der Waals surface area contributed by atoms with Gasteiger partial charge in [-0.15, -0.1) is 0 Å². The molecule has 35 heavy (non-hydrogen) atoms. The van der Waals surface area contributed by atoms with Gasteiger partial charge in [-0.2, -0.15) is 0 Å². The van der Waals surface area contributed by atoms with Gasteiger partial charge in [-0.25, -0.2) is 0 Å². The number of hydrogen-bond donors (Lipinski definition) is 3. The van der Waals surface area contributed by atoms with Crippen LogP contribution in [0.15, 0.2) is 66.2 Å². The Balaban J connectivity index is 1.76. The smallest absolute Gasteiger partial charge is 0.118 e. The summed E-state index contributed by atoms with van der Waals surface area (Å²) in [4.78, 5) is 0. The van der Waals surface area contributed by atoms with E-state index in [1.165, 1.54) is 0 Å². The van der Waals surface area contributed by atoms with E-state index in [1.54, 1.807) is 7.11 Å². The molecule has 2 aromatic rings. The van der Waals surface area contributed by atoms with Gasteiger partial charge in [0.2, 0.25) is 0 Å². The zero-order valence-electron chi connectivity index (χ0n) is 21.5. The van der Waals surface area contributed by atoms with Gasteiger partial charge in [-0.1, -0.05) is 68.0 Å². The Hall–Kier alpha value is -2.22. The van der Waals surface area contributed by atoms with Gasteiger partial charge in [-0.05, 0) is 42.5 Å². The summed E-state index contributed by atoms with van der Waals surface area (Å²) in [5.74, 6) is -0.161. The van der Waals surface area contributed by atoms with Crippen LogP contribution < -0.4 is 4.74 Å². The summed E-state index contributed by atoms with van der Waals surface area (Å²) in [6.07, 6.45) is 1.14. The van der Waals surface area contributed by atoms with Gasteiger partial charge < -0.3 is 29.5 Å². The highest BCUT2D eigenvalue weighted by Gasteiger charge is 2.32. The average molecular weight is 487 g/mol. The van der Waals surface area contributed by atoms with E-state index in [0.717, 1.165) is 22.4 Å². The van der Waals surface area contributed by atoms with E-state index in [4.69, 9.17) is 14.2 Å². The number of hydrogen-bond acceptors (Lipinski definition) is 6. The summed E-state index contributed by atoms with van der Waals surface area (Å²) in [6, 6.07) is 17.6. The number of benzene rings is 2. The average Bonchev–Trinajstić information content (AvgIpc) is 2.88.